The number of imidazole rings is 1. The lowest BCUT2D eigenvalue weighted by Gasteiger charge is -2.34. The minimum absolute atomic E-state index is 0.00526. The average Bonchev–Trinajstić information content (AvgIpc) is 4.02. The number of halogens is 1. The van der Waals surface area contributed by atoms with E-state index in [2.05, 4.69) is 45.9 Å². The van der Waals surface area contributed by atoms with Gasteiger partial charge in [0.15, 0.2) is 46.8 Å². The fourth-order valence-corrected chi connectivity index (χ4v) is 10.1. The van der Waals surface area contributed by atoms with Crippen LogP contribution in [0.25, 0.3) is 22.3 Å². The maximum absolute atomic E-state index is 16.8. The molecule has 9 atom stereocenters. The zero-order valence-corrected chi connectivity index (χ0v) is 35.2. The van der Waals surface area contributed by atoms with Crippen LogP contribution in [0.3, 0.4) is 0 Å². The van der Waals surface area contributed by atoms with Crippen LogP contribution in [0.1, 0.15) is 49.5 Å². The van der Waals surface area contributed by atoms with Crippen LogP contribution in [-0.2, 0) is 60.5 Å². The van der Waals surface area contributed by atoms with Gasteiger partial charge in [-0.05, 0) is 23.9 Å². The molecule has 2 unspecified atom stereocenters. The van der Waals surface area contributed by atoms with Crippen molar-refractivity contribution < 1.29 is 51.0 Å². The van der Waals surface area contributed by atoms with Crippen molar-refractivity contribution in [3.63, 3.8) is 0 Å². The molecule has 0 spiro atoms. The number of nitrogens with zero attached hydrogens (tertiary/aromatic N) is 9. The van der Waals surface area contributed by atoms with Gasteiger partial charge < -0.3 is 37.8 Å². The Balaban J connectivity index is 1.08. The van der Waals surface area contributed by atoms with Crippen molar-refractivity contribution in [3.05, 3.63) is 58.9 Å². The lowest BCUT2D eigenvalue weighted by atomic mass is 10.1. The summed E-state index contributed by atoms with van der Waals surface area (Å²) in [5, 5.41) is 22.6. The van der Waals surface area contributed by atoms with Crippen molar-refractivity contribution in [3.8, 4) is 6.07 Å². The molecule has 3 saturated heterocycles. The fourth-order valence-electron chi connectivity index (χ4n) is 6.53. The second-order valence-corrected chi connectivity index (χ2v) is 19.6. The average molecular weight is 920 g/mol. The Morgan fingerprint density at radius 3 is 2.64 bits per heavy atom. The summed E-state index contributed by atoms with van der Waals surface area (Å²) in [5.41, 5.74) is -0.474. The monoisotopic (exact) mass is 919 g/mol. The maximum atomic E-state index is 16.8. The van der Waals surface area contributed by atoms with Crippen LogP contribution < -0.4 is 21.1 Å². The lowest BCUT2D eigenvalue weighted by molar-refractivity contribution is -0.216. The quantitative estimate of drug-likeness (QED) is 0.141. The highest BCUT2D eigenvalue weighted by Crippen LogP contribution is 2.56. The smallest absolute Gasteiger partial charge is 0.327 e. The van der Waals surface area contributed by atoms with E-state index in [-0.39, 0.29) is 60.1 Å². The number of hydrogen-bond donors (Lipinski definition) is 3. The molecule has 0 radical (unpaired) electrons. The largest absolute Gasteiger partial charge is 0.780 e. The number of aromatic amines is 1. The molecule has 3 aliphatic rings. The second-order valence-electron chi connectivity index (χ2n) is 14.0. The SMILES string of the molecule is CC(C)C(=O)Nc1nc2c(ncn2[C@@H]2O[C@@H]3COP(=S)(OCCC#N)O[C@H]4[C@H](F)[C@H](n5nnc6c(NC(=O)c7ccccc7)ncnc65)O[C@@H]4COP([O-])(=S)O[C@H]2C3)c(=O)[nH]1. The number of anilines is 2. The number of fused-ring (bicyclic) bond motifs is 5. The topological polar surface area (TPSA) is 290 Å². The van der Waals surface area contributed by atoms with Gasteiger partial charge in [0.05, 0.1) is 44.7 Å². The highest BCUT2D eigenvalue weighted by atomic mass is 32.5. The molecule has 4 aromatic heterocycles. The standard InChI is InChI=1S/C33H35FN12O11P2S2/c1-16(2)28(47)41-33-40-27-23(30(49)42-33)38-15-45(27)31-19-11-18(54-31)12-53-59(61,51-10-6-9-35)57-24-20(13-52-58(50,60)56-19)55-32(21(24)34)46-26-22(43-44-46)25(36-14-37-26)39-29(48)17-7-4-3-5-8-17/h3-5,7-8,14-16,18-21,24,31-32H,6,10-13H2,1-2H3,(H,50,60)(H,36,37,39,48)(H2,40,41,42,47,49)/p-1/t18-,19-,20+,21-,24+,31+,32+,58?,59?/m0/s1. The number of ether oxygens (including phenoxy) is 2. The predicted molar refractivity (Wildman–Crippen MR) is 213 cm³/mol. The summed E-state index contributed by atoms with van der Waals surface area (Å²) >= 11 is 11.1. The van der Waals surface area contributed by atoms with Gasteiger partial charge in [-0.25, -0.2) is 19.3 Å². The van der Waals surface area contributed by atoms with Gasteiger partial charge in [0.2, 0.25) is 11.9 Å². The molecule has 0 saturated carbocycles. The van der Waals surface area contributed by atoms with Gasteiger partial charge >= 0.3 is 6.72 Å². The molecule has 23 nitrogen and oxygen atoms in total. The molecule has 1 aromatic carbocycles. The van der Waals surface area contributed by atoms with Crippen molar-refractivity contribution in [1.82, 2.24) is 44.5 Å². The normalized spacial score (nSPS) is 29.3. The molecule has 3 fully saturated rings. The number of amides is 2. The lowest BCUT2D eigenvalue weighted by Crippen LogP contribution is -2.35. The third-order valence-corrected chi connectivity index (χ3v) is 13.4. The highest BCUT2D eigenvalue weighted by molar-refractivity contribution is 8.07. The summed E-state index contributed by atoms with van der Waals surface area (Å²) in [7, 11) is 0. The van der Waals surface area contributed by atoms with E-state index >= 15 is 4.39 Å². The first-order valence-electron chi connectivity index (χ1n) is 18.5. The highest BCUT2D eigenvalue weighted by Gasteiger charge is 2.52. The number of hydrogen-bond acceptors (Lipinski definition) is 20. The second kappa shape index (κ2) is 17.6. The summed E-state index contributed by atoms with van der Waals surface area (Å²) in [4.78, 5) is 71.5. The molecular weight excluding hydrogens is 886 g/mol. The minimum Gasteiger partial charge on any atom is -0.780 e. The molecule has 3 N–H and O–H groups in total. The Bertz CT molecular complexity index is 2670. The zero-order valence-electron chi connectivity index (χ0n) is 31.8. The third kappa shape index (κ3) is 9.15. The van der Waals surface area contributed by atoms with Crippen LogP contribution in [0.4, 0.5) is 16.2 Å². The fraction of sp³-hybridized carbons (Fsp3) is 0.455. The van der Waals surface area contributed by atoms with Crippen LogP contribution in [0.15, 0.2) is 47.8 Å². The van der Waals surface area contributed by atoms with Gasteiger partial charge in [-0.3, -0.25) is 33.8 Å². The Morgan fingerprint density at radius 1 is 1.07 bits per heavy atom. The van der Waals surface area contributed by atoms with E-state index in [4.69, 9.17) is 55.7 Å². The molecule has 2 amide bonds. The van der Waals surface area contributed by atoms with Crippen LogP contribution in [0.5, 0.6) is 0 Å². The molecular formula is C33H34FN12O11P2S2-. The number of alkyl halides is 1. The first kappa shape index (κ1) is 43.1. The molecule has 7 heterocycles. The first-order chi connectivity index (χ1) is 29.2. The van der Waals surface area contributed by atoms with Gasteiger partial charge in [-0.1, -0.05) is 49.1 Å². The molecule has 28 heteroatoms. The molecule has 2 bridgehead atoms. The third-order valence-electron chi connectivity index (χ3n) is 9.45. The van der Waals surface area contributed by atoms with E-state index < -0.39 is 86.4 Å². The molecule has 5 aromatic rings. The molecule has 61 heavy (non-hydrogen) atoms. The van der Waals surface area contributed by atoms with E-state index in [0.29, 0.717) is 5.56 Å². The summed E-state index contributed by atoms with van der Waals surface area (Å²) in [6, 6.07) is 10.3. The number of aromatic nitrogens is 9. The van der Waals surface area contributed by atoms with Crippen LogP contribution >= 0.6 is 13.4 Å². The first-order valence-corrected chi connectivity index (χ1v) is 23.6. The summed E-state index contributed by atoms with van der Waals surface area (Å²) in [5.74, 6) is -1.51. The Hall–Kier alpha value is -4.61. The van der Waals surface area contributed by atoms with Gasteiger partial charge in [-0.2, -0.15) is 14.9 Å². The summed E-state index contributed by atoms with van der Waals surface area (Å²) in [6.07, 6.45) is -7.82. The molecule has 3 aliphatic heterocycles. The van der Waals surface area contributed by atoms with Gasteiger partial charge in [0.1, 0.15) is 31.4 Å². The Kier molecular flexibility index (Phi) is 12.4. The minimum atomic E-state index is -4.49. The Morgan fingerprint density at radius 2 is 1.87 bits per heavy atom. The van der Waals surface area contributed by atoms with Crippen molar-refractivity contribution in [2.45, 2.75) is 69.7 Å². The molecule has 322 valence electrons. The zero-order chi connectivity index (χ0) is 43.1. The van der Waals surface area contributed by atoms with E-state index in [1.54, 1.807) is 44.2 Å². The van der Waals surface area contributed by atoms with Crippen LogP contribution in [0.2, 0.25) is 0 Å². The van der Waals surface area contributed by atoms with Crippen molar-refractivity contribution in [2.75, 3.05) is 30.5 Å². The number of nitriles is 1. The summed E-state index contributed by atoms with van der Waals surface area (Å²) in [6.45, 7) is -6.43. The number of benzene rings is 1. The van der Waals surface area contributed by atoms with Gasteiger partial charge in [-0.15, -0.1) is 5.10 Å². The van der Waals surface area contributed by atoms with Gasteiger partial charge in [0, 0.05) is 17.9 Å². The molecule has 8 rings (SSSR count). The van der Waals surface area contributed by atoms with Crippen molar-refractivity contribution >= 4 is 83.0 Å². The maximum Gasteiger partial charge on any atom is 0.327 e. The number of carbonyl (C=O) groups is 2. The Labute approximate surface area is 353 Å². The van der Waals surface area contributed by atoms with E-state index in [9.17, 15) is 24.5 Å². The van der Waals surface area contributed by atoms with Crippen molar-refractivity contribution in [2.24, 2.45) is 5.92 Å². The molecule has 0 aliphatic carbocycles. The van der Waals surface area contributed by atoms with E-state index in [1.165, 1.54) is 10.9 Å². The van der Waals surface area contributed by atoms with E-state index in [0.717, 1.165) is 11.0 Å². The van der Waals surface area contributed by atoms with Crippen LogP contribution in [0, 0.1) is 17.2 Å². The summed E-state index contributed by atoms with van der Waals surface area (Å²) < 4.78 is 61.1. The number of carbonyl (C=O) groups excluding carboxylic acids is 2. The number of H-pyrrole nitrogens is 1. The van der Waals surface area contributed by atoms with Crippen LogP contribution in [-0.4, -0.2) is 107 Å². The number of nitrogens with one attached hydrogen (secondary N) is 3. The van der Waals surface area contributed by atoms with Crippen molar-refractivity contribution in [1.29, 1.82) is 5.26 Å². The predicted octanol–water partition coefficient (Wildman–Crippen LogP) is 2.28. The van der Waals surface area contributed by atoms with E-state index in [1.807, 2.05) is 6.07 Å². The number of rotatable bonds is 9. The van der Waals surface area contributed by atoms with Gasteiger partial charge in [0.25, 0.3) is 11.5 Å².